The number of hydrogen-bond donors (Lipinski definition) is 2. The molecule has 118 valence electrons. The van der Waals surface area contributed by atoms with Gasteiger partial charge in [-0.1, -0.05) is 20.8 Å². The summed E-state index contributed by atoms with van der Waals surface area (Å²) in [7, 11) is 0. The van der Waals surface area contributed by atoms with E-state index in [0.29, 0.717) is 12.5 Å². The fraction of sp³-hybridized carbons (Fsp3) is 0.933. The average Bonchev–Trinajstić information content (AvgIpc) is 2.33. The summed E-state index contributed by atoms with van der Waals surface area (Å²) >= 11 is 0. The minimum absolute atomic E-state index is 0.0644. The second-order valence-electron chi connectivity index (χ2n) is 6.04. The molecule has 0 aromatic carbocycles. The molecule has 0 aromatic heterocycles. The van der Waals surface area contributed by atoms with Crippen molar-refractivity contribution in [2.45, 2.75) is 52.9 Å². The van der Waals surface area contributed by atoms with Crippen molar-refractivity contribution in [1.29, 1.82) is 0 Å². The standard InChI is InChI=1S/C15H31N3O2/c1-6-16-7-8-17-15(19)14(11(2)3)18-9-12(4)20-13(5)10-18/h11-14,16H,6-10H2,1-5H3,(H,17,19). The molecule has 0 aromatic rings. The highest BCUT2D eigenvalue weighted by Gasteiger charge is 2.33. The highest BCUT2D eigenvalue weighted by atomic mass is 16.5. The van der Waals surface area contributed by atoms with Crippen LogP contribution in [0.4, 0.5) is 0 Å². The predicted octanol–water partition coefficient (Wildman–Crippen LogP) is 0.846. The molecule has 1 aliphatic rings. The van der Waals surface area contributed by atoms with Crippen LogP contribution in [0.15, 0.2) is 0 Å². The van der Waals surface area contributed by atoms with Crippen LogP contribution >= 0.6 is 0 Å². The molecule has 1 saturated heterocycles. The number of morpholine rings is 1. The molecular formula is C15H31N3O2. The molecule has 0 radical (unpaired) electrons. The molecular weight excluding hydrogens is 254 g/mol. The van der Waals surface area contributed by atoms with Gasteiger partial charge in [0.1, 0.15) is 0 Å². The van der Waals surface area contributed by atoms with Crippen molar-refractivity contribution in [3.63, 3.8) is 0 Å². The second kappa shape index (κ2) is 8.60. The molecule has 3 atom stereocenters. The highest BCUT2D eigenvalue weighted by molar-refractivity contribution is 5.82. The van der Waals surface area contributed by atoms with Crippen LogP contribution in [0.25, 0.3) is 0 Å². The Bertz CT molecular complexity index is 287. The maximum Gasteiger partial charge on any atom is 0.237 e. The van der Waals surface area contributed by atoms with E-state index in [4.69, 9.17) is 4.74 Å². The van der Waals surface area contributed by atoms with Crippen LogP contribution in [-0.4, -0.2) is 61.8 Å². The Labute approximate surface area is 123 Å². The molecule has 5 heteroatoms. The number of rotatable bonds is 7. The van der Waals surface area contributed by atoms with Crippen LogP contribution in [0, 0.1) is 5.92 Å². The van der Waals surface area contributed by atoms with Gasteiger partial charge in [0.05, 0.1) is 18.2 Å². The van der Waals surface area contributed by atoms with E-state index in [1.807, 2.05) is 0 Å². The summed E-state index contributed by atoms with van der Waals surface area (Å²) in [5, 5.41) is 6.26. The van der Waals surface area contributed by atoms with Crippen LogP contribution in [0.1, 0.15) is 34.6 Å². The van der Waals surface area contributed by atoms with Gasteiger partial charge in [0.25, 0.3) is 0 Å². The molecule has 0 bridgehead atoms. The Morgan fingerprint density at radius 3 is 2.35 bits per heavy atom. The molecule has 20 heavy (non-hydrogen) atoms. The minimum Gasteiger partial charge on any atom is -0.373 e. The van der Waals surface area contributed by atoms with Crippen molar-refractivity contribution in [2.24, 2.45) is 5.92 Å². The largest absolute Gasteiger partial charge is 0.373 e. The van der Waals surface area contributed by atoms with E-state index < -0.39 is 0 Å². The molecule has 3 unspecified atom stereocenters. The summed E-state index contributed by atoms with van der Waals surface area (Å²) in [6.07, 6.45) is 0.379. The van der Waals surface area contributed by atoms with Gasteiger partial charge in [0.15, 0.2) is 0 Å². The lowest BCUT2D eigenvalue weighted by Gasteiger charge is -2.41. The molecule has 0 saturated carbocycles. The van der Waals surface area contributed by atoms with Crippen molar-refractivity contribution in [3.05, 3.63) is 0 Å². The first-order valence-electron chi connectivity index (χ1n) is 7.83. The van der Waals surface area contributed by atoms with Crippen molar-refractivity contribution >= 4 is 5.91 Å². The van der Waals surface area contributed by atoms with E-state index in [1.165, 1.54) is 0 Å². The van der Waals surface area contributed by atoms with E-state index in [9.17, 15) is 4.79 Å². The monoisotopic (exact) mass is 285 g/mol. The van der Waals surface area contributed by atoms with E-state index in [0.717, 1.165) is 26.2 Å². The summed E-state index contributed by atoms with van der Waals surface area (Å²) in [6, 6.07) is -0.0644. The van der Waals surface area contributed by atoms with Crippen LogP contribution in [-0.2, 0) is 9.53 Å². The van der Waals surface area contributed by atoms with Crippen molar-refractivity contribution in [1.82, 2.24) is 15.5 Å². The molecule has 2 N–H and O–H groups in total. The van der Waals surface area contributed by atoms with Gasteiger partial charge in [0, 0.05) is 26.2 Å². The summed E-state index contributed by atoms with van der Waals surface area (Å²) < 4.78 is 5.76. The SMILES string of the molecule is CCNCCNC(=O)C(C(C)C)N1CC(C)OC(C)C1. The van der Waals surface area contributed by atoms with E-state index in [2.05, 4.69) is 50.2 Å². The van der Waals surface area contributed by atoms with E-state index in [-0.39, 0.29) is 24.2 Å². The van der Waals surface area contributed by atoms with Crippen LogP contribution in [0.3, 0.4) is 0 Å². The zero-order valence-electron chi connectivity index (χ0n) is 13.6. The number of carbonyl (C=O) groups is 1. The van der Waals surface area contributed by atoms with Crippen LogP contribution in [0.5, 0.6) is 0 Å². The first-order chi connectivity index (χ1) is 9.45. The zero-order valence-corrected chi connectivity index (χ0v) is 13.6. The number of nitrogens with one attached hydrogen (secondary N) is 2. The number of ether oxygens (including phenoxy) is 1. The first-order valence-corrected chi connectivity index (χ1v) is 7.83. The Hall–Kier alpha value is -0.650. The summed E-state index contributed by atoms with van der Waals surface area (Å²) in [6.45, 7) is 14.5. The molecule has 1 rings (SSSR count). The quantitative estimate of drug-likeness (QED) is 0.681. The molecule has 0 spiro atoms. The number of carbonyl (C=O) groups excluding carboxylic acids is 1. The highest BCUT2D eigenvalue weighted by Crippen LogP contribution is 2.18. The predicted molar refractivity (Wildman–Crippen MR) is 81.8 cm³/mol. The molecule has 1 fully saturated rings. The molecule has 5 nitrogen and oxygen atoms in total. The van der Waals surface area contributed by atoms with Gasteiger partial charge in [-0.2, -0.15) is 0 Å². The molecule has 1 amide bonds. The maximum absolute atomic E-state index is 12.4. The lowest BCUT2D eigenvalue weighted by Crippen LogP contribution is -2.57. The number of hydrogen-bond acceptors (Lipinski definition) is 4. The lowest BCUT2D eigenvalue weighted by molar-refractivity contribution is -0.135. The van der Waals surface area contributed by atoms with Gasteiger partial charge in [-0.3, -0.25) is 9.69 Å². The molecule has 1 aliphatic heterocycles. The van der Waals surface area contributed by atoms with Gasteiger partial charge < -0.3 is 15.4 Å². The third-order valence-corrected chi connectivity index (χ3v) is 3.59. The minimum atomic E-state index is -0.0644. The van der Waals surface area contributed by atoms with Gasteiger partial charge in [-0.25, -0.2) is 0 Å². The summed E-state index contributed by atoms with van der Waals surface area (Å²) in [4.78, 5) is 14.7. The van der Waals surface area contributed by atoms with Crippen molar-refractivity contribution in [3.8, 4) is 0 Å². The summed E-state index contributed by atoms with van der Waals surface area (Å²) in [5.74, 6) is 0.436. The Morgan fingerprint density at radius 1 is 1.25 bits per heavy atom. The van der Waals surface area contributed by atoms with Crippen molar-refractivity contribution in [2.75, 3.05) is 32.7 Å². The van der Waals surface area contributed by atoms with Gasteiger partial charge >= 0.3 is 0 Å². The maximum atomic E-state index is 12.4. The number of likely N-dealkylation sites (N-methyl/N-ethyl adjacent to an activating group) is 1. The average molecular weight is 285 g/mol. The normalized spacial score (nSPS) is 25.7. The number of nitrogens with zero attached hydrogens (tertiary/aromatic N) is 1. The fourth-order valence-corrected chi connectivity index (χ4v) is 2.89. The zero-order chi connectivity index (χ0) is 15.1. The summed E-state index contributed by atoms with van der Waals surface area (Å²) in [5.41, 5.74) is 0. The first kappa shape index (κ1) is 17.4. The topological polar surface area (TPSA) is 53.6 Å². The molecule has 1 heterocycles. The van der Waals surface area contributed by atoms with Crippen LogP contribution in [0.2, 0.25) is 0 Å². The number of amides is 1. The Kier molecular flexibility index (Phi) is 7.48. The molecule has 0 aliphatic carbocycles. The smallest absolute Gasteiger partial charge is 0.237 e. The fourth-order valence-electron chi connectivity index (χ4n) is 2.89. The van der Waals surface area contributed by atoms with Gasteiger partial charge in [-0.15, -0.1) is 0 Å². The second-order valence-corrected chi connectivity index (χ2v) is 6.04. The van der Waals surface area contributed by atoms with Gasteiger partial charge in [0.2, 0.25) is 5.91 Å². The van der Waals surface area contributed by atoms with Gasteiger partial charge in [-0.05, 0) is 26.3 Å². The lowest BCUT2D eigenvalue weighted by atomic mass is 9.99. The van der Waals surface area contributed by atoms with E-state index in [1.54, 1.807) is 0 Å². The van der Waals surface area contributed by atoms with Crippen LogP contribution < -0.4 is 10.6 Å². The van der Waals surface area contributed by atoms with Crippen molar-refractivity contribution < 1.29 is 9.53 Å². The third kappa shape index (κ3) is 5.38. The Balaban J connectivity index is 2.56. The van der Waals surface area contributed by atoms with E-state index >= 15 is 0 Å². The third-order valence-electron chi connectivity index (χ3n) is 3.59. The Morgan fingerprint density at radius 2 is 1.85 bits per heavy atom.